The van der Waals surface area contributed by atoms with E-state index in [0.717, 1.165) is 22.5 Å². The number of benzene rings is 2. The Morgan fingerprint density at radius 2 is 1.86 bits per heavy atom. The second kappa shape index (κ2) is 9.18. The zero-order valence-electron chi connectivity index (χ0n) is 19.9. The van der Waals surface area contributed by atoms with Crippen LogP contribution in [0.4, 0.5) is 16.3 Å². The number of aliphatic carboxylic acids is 1. The van der Waals surface area contributed by atoms with Crippen molar-refractivity contribution >= 4 is 46.7 Å². The first kappa shape index (κ1) is 25.0. The van der Waals surface area contributed by atoms with Crippen molar-refractivity contribution < 1.29 is 14.7 Å². The van der Waals surface area contributed by atoms with Crippen molar-refractivity contribution in [2.45, 2.75) is 51.6 Å². The topological polar surface area (TPSA) is 108 Å². The first-order valence-electron chi connectivity index (χ1n) is 11.1. The summed E-state index contributed by atoms with van der Waals surface area (Å²) in [5.41, 5.74) is 2.61. The number of amides is 2. The molecular weight excluding hydrogens is 489 g/mol. The summed E-state index contributed by atoms with van der Waals surface area (Å²) < 4.78 is 1.67. The lowest BCUT2D eigenvalue weighted by atomic mass is 9.86. The molecule has 35 heavy (non-hydrogen) atoms. The Kier molecular flexibility index (Phi) is 6.57. The molecule has 0 bridgehead atoms. The van der Waals surface area contributed by atoms with Gasteiger partial charge in [-0.05, 0) is 42.3 Å². The van der Waals surface area contributed by atoms with E-state index in [0.29, 0.717) is 29.5 Å². The molecular formula is C25H27Cl2N5O3. The van der Waals surface area contributed by atoms with Crippen molar-refractivity contribution in [2.75, 3.05) is 10.6 Å². The molecule has 0 fully saturated rings. The molecule has 2 amide bonds. The number of carbonyl (C=O) groups is 2. The van der Waals surface area contributed by atoms with Gasteiger partial charge in [0.05, 0.1) is 27.1 Å². The van der Waals surface area contributed by atoms with Crippen LogP contribution in [0.2, 0.25) is 10.0 Å². The molecule has 10 heteroatoms. The summed E-state index contributed by atoms with van der Waals surface area (Å²) in [6.07, 6.45) is 0.373. The number of rotatable bonds is 4. The van der Waals surface area contributed by atoms with E-state index in [1.165, 1.54) is 0 Å². The van der Waals surface area contributed by atoms with Gasteiger partial charge in [0.15, 0.2) is 0 Å². The molecule has 0 radical (unpaired) electrons. The van der Waals surface area contributed by atoms with Crippen LogP contribution in [0.15, 0.2) is 42.5 Å². The highest BCUT2D eigenvalue weighted by Crippen LogP contribution is 2.31. The van der Waals surface area contributed by atoms with Gasteiger partial charge >= 0.3 is 12.0 Å². The molecule has 3 aromatic rings. The van der Waals surface area contributed by atoms with Crippen LogP contribution in [0.25, 0.3) is 5.69 Å². The number of hydrogen-bond donors (Lipinski definition) is 4. The van der Waals surface area contributed by atoms with Crippen LogP contribution in [0.5, 0.6) is 0 Å². The number of carbonyl (C=O) groups excluding carboxylic acids is 1. The molecule has 1 aliphatic rings. The zero-order valence-corrected chi connectivity index (χ0v) is 21.4. The van der Waals surface area contributed by atoms with Crippen LogP contribution in [0, 0.1) is 0 Å². The van der Waals surface area contributed by atoms with Gasteiger partial charge in [0.2, 0.25) is 0 Å². The highest BCUT2D eigenvalue weighted by Gasteiger charge is 2.36. The molecule has 184 valence electrons. The van der Waals surface area contributed by atoms with Crippen LogP contribution in [0.3, 0.4) is 0 Å². The maximum atomic E-state index is 12.8. The van der Waals surface area contributed by atoms with Crippen LogP contribution in [-0.2, 0) is 23.2 Å². The Labute approximate surface area is 213 Å². The van der Waals surface area contributed by atoms with Crippen molar-refractivity contribution in [1.82, 2.24) is 15.1 Å². The Balaban J connectivity index is 1.66. The third kappa shape index (κ3) is 5.15. The number of urea groups is 1. The molecule has 1 aromatic heterocycles. The lowest BCUT2D eigenvalue weighted by molar-refractivity contribution is -0.144. The molecule has 0 aliphatic carbocycles. The SMILES string of the molecule is CC1(C(=O)O)Cc2ccc(-n3nc(C(C)(C)C)cc3NC(=O)Nc3cccc(Cl)c3Cl)cc2CN1. The number of anilines is 2. The Morgan fingerprint density at radius 1 is 1.11 bits per heavy atom. The van der Waals surface area contributed by atoms with Crippen molar-refractivity contribution in [3.63, 3.8) is 0 Å². The standard InChI is InChI=1S/C25H27Cl2N5O3/c1-24(2,3)19-11-20(30-23(35)29-18-7-5-6-17(26)21(18)27)32(31-19)16-9-8-14-12-25(4,22(33)34)28-13-15(14)10-16/h5-11,28H,12-13H2,1-4H3,(H,33,34)(H2,29,30,35). The third-order valence-corrected chi connectivity index (χ3v) is 6.86. The summed E-state index contributed by atoms with van der Waals surface area (Å²) in [5, 5.41) is 23.6. The second-order valence-corrected chi connectivity index (χ2v) is 10.7. The van der Waals surface area contributed by atoms with Gasteiger partial charge in [-0.1, -0.05) is 56.1 Å². The number of hydrogen-bond acceptors (Lipinski definition) is 4. The number of carboxylic acid groups (broad SMARTS) is 1. The number of halogens is 2. The summed E-state index contributed by atoms with van der Waals surface area (Å²) >= 11 is 12.3. The molecule has 1 aliphatic heterocycles. The average Bonchev–Trinajstić information content (AvgIpc) is 3.20. The van der Waals surface area contributed by atoms with Gasteiger partial charge in [-0.2, -0.15) is 5.10 Å². The predicted octanol–water partition coefficient (Wildman–Crippen LogP) is 5.61. The fraction of sp³-hybridized carbons (Fsp3) is 0.320. The predicted molar refractivity (Wildman–Crippen MR) is 138 cm³/mol. The molecule has 2 heterocycles. The minimum absolute atomic E-state index is 0.253. The van der Waals surface area contributed by atoms with E-state index in [4.69, 9.17) is 28.3 Å². The van der Waals surface area contributed by atoms with E-state index in [2.05, 4.69) is 16.0 Å². The number of aromatic nitrogens is 2. The van der Waals surface area contributed by atoms with E-state index < -0.39 is 17.5 Å². The largest absolute Gasteiger partial charge is 0.480 e. The van der Waals surface area contributed by atoms with Gasteiger partial charge in [0.25, 0.3) is 0 Å². The summed E-state index contributed by atoms with van der Waals surface area (Å²) in [4.78, 5) is 24.5. The molecule has 0 saturated carbocycles. The van der Waals surface area contributed by atoms with Crippen LogP contribution in [-0.4, -0.2) is 32.4 Å². The zero-order chi connectivity index (χ0) is 25.5. The minimum Gasteiger partial charge on any atom is -0.480 e. The van der Waals surface area contributed by atoms with Gasteiger partial charge in [-0.25, -0.2) is 9.48 Å². The molecule has 4 rings (SSSR count). The number of carboxylic acids is 1. The van der Waals surface area contributed by atoms with Gasteiger partial charge in [0, 0.05) is 24.4 Å². The van der Waals surface area contributed by atoms with Crippen molar-refractivity contribution in [2.24, 2.45) is 0 Å². The Bertz CT molecular complexity index is 1310. The first-order chi connectivity index (χ1) is 16.4. The van der Waals surface area contributed by atoms with E-state index in [1.807, 2.05) is 45.0 Å². The fourth-order valence-corrected chi connectivity index (χ4v) is 4.22. The van der Waals surface area contributed by atoms with Crippen LogP contribution >= 0.6 is 23.2 Å². The molecule has 0 spiro atoms. The van der Waals surface area contributed by atoms with Crippen LogP contribution < -0.4 is 16.0 Å². The maximum Gasteiger partial charge on any atom is 0.324 e. The smallest absolute Gasteiger partial charge is 0.324 e. The molecule has 1 unspecified atom stereocenters. The van der Waals surface area contributed by atoms with Gasteiger partial charge < -0.3 is 10.4 Å². The van der Waals surface area contributed by atoms with Gasteiger partial charge in [-0.3, -0.25) is 15.4 Å². The van der Waals surface area contributed by atoms with Crippen molar-refractivity contribution in [1.29, 1.82) is 0 Å². The minimum atomic E-state index is -1.01. The second-order valence-electron chi connectivity index (χ2n) is 9.88. The normalized spacial score (nSPS) is 17.5. The van der Waals surface area contributed by atoms with Crippen molar-refractivity contribution in [3.8, 4) is 5.69 Å². The quantitative estimate of drug-likeness (QED) is 0.361. The number of fused-ring (bicyclic) bond motifs is 1. The van der Waals surface area contributed by atoms with E-state index in [9.17, 15) is 14.7 Å². The fourth-order valence-electron chi connectivity index (χ4n) is 3.87. The van der Waals surface area contributed by atoms with Gasteiger partial charge in [-0.15, -0.1) is 0 Å². The lowest BCUT2D eigenvalue weighted by Gasteiger charge is -2.32. The third-order valence-electron chi connectivity index (χ3n) is 6.04. The van der Waals surface area contributed by atoms with Crippen LogP contribution in [0.1, 0.15) is 44.5 Å². The highest BCUT2D eigenvalue weighted by atomic mass is 35.5. The molecule has 1 atom stereocenters. The number of nitrogens with one attached hydrogen (secondary N) is 3. The van der Waals surface area contributed by atoms with E-state index >= 15 is 0 Å². The maximum absolute atomic E-state index is 12.8. The summed E-state index contributed by atoms with van der Waals surface area (Å²) in [6.45, 7) is 8.22. The monoisotopic (exact) mass is 515 g/mol. The van der Waals surface area contributed by atoms with E-state index in [-0.39, 0.29) is 10.4 Å². The van der Waals surface area contributed by atoms with E-state index in [1.54, 1.807) is 29.8 Å². The summed E-state index contributed by atoms with van der Waals surface area (Å²) in [6, 6.07) is 12.1. The van der Waals surface area contributed by atoms with Gasteiger partial charge in [0.1, 0.15) is 11.4 Å². The summed E-state index contributed by atoms with van der Waals surface area (Å²) in [5.74, 6) is -0.406. The Hall–Kier alpha value is -3.07. The Morgan fingerprint density at radius 3 is 2.54 bits per heavy atom. The summed E-state index contributed by atoms with van der Waals surface area (Å²) in [7, 11) is 0. The molecule has 0 saturated heterocycles. The molecule has 8 nitrogen and oxygen atoms in total. The highest BCUT2D eigenvalue weighted by molar-refractivity contribution is 6.44. The first-order valence-corrected chi connectivity index (χ1v) is 11.9. The molecule has 2 aromatic carbocycles. The van der Waals surface area contributed by atoms with Crippen molar-refractivity contribution in [3.05, 3.63) is 69.3 Å². The average molecular weight is 516 g/mol. The number of nitrogens with zero attached hydrogens (tertiary/aromatic N) is 2. The molecule has 4 N–H and O–H groups in total. The lowest BCUT2D eigenvalue weighted by Crippen LogP contribution is -2.53.